The van der Waals surface area contributed by atoms with Crippen molar-refractivity contribution >= 4 is 35.4 Å². The van der Waals surface area contributed by atoms with E-state index in [0.29, 0.717) is 0 Å². The van der Waals surface area contributed by atoms with Crippen molar-refractivity contribution in [2.24, 2.45) is 0 Å². The molecule has 7 heteroatoms. The van der Waals surface area contributed by atoms with Crippen molar-refractivity contribution in [2.75, 3.05) is 0 Å². The summed E-state index contributed by atoms with van der Waals surface area (Å²) in [6.07, 6.45) is -2.61. The number of hydrogen-bond acceptors (Lipinski definition) is 3. The lowest BCUT2D eigenvalue weighted by atomic mass is 10.3. The smallest absolute Gasteiger partial charge is 0.418 e. The Morgan fingerprint density at radius 3 is 1.69 bits per heavy atom. The third kappa shape index (κ3) is 1.29. The second-order valence-corrected chi connectivity index (χ2v) is 3.37. The zero-order valence-corrected chi connectivity index (χ0v) is 8.64. The Labute approximate surface area is 94.0 Å². The molecular weight excluding hydrogens is 232 g/mol. The monoisotopic (exact) mass is 238 g/mol. The maximum absolute atomic E-state index is 11.0. The van der Waals surface area contributed by atoms with Gasteiger partial charge in [-0.3, -0.25) is 0 Å². The van der Waals surface area contributed by atoms with Crippen molar-refractivity contribution in [3.63, 3.8) is 0 Å². The zero-order valence-electron chi connectivity index (χ0n) is 7.82. The van der Waals surface area contributed by atoms with Crippen molar-refractivity contribution in [1.29, 1.82) is 0 Å². The van der Waals surface area contributed by atoms with Gasteiger partial charge in [0.2, 0.25) is 0 Å². The number of hydrogen-bond donors (Lipinski definition) is 2. The van der Waals surface area contributed by atoms with E-state index in [4.69, 9.17) is 22.4 Å². The second-order valence-electron chi connectivity index (χ2n) is 3.01. The van der Waals surface area contributed by atoms with Crippen LogP contribution >= 0.6 is 12.2 Å². The van der Waals surface area contributed by atoms with Gasteiger partial charge in [0.05, 0.1) is 11.0 Å². The number of carbonyl (C=O) groups is 2. The highest BCUT2D eigenvalue weighted by molar-refractivity contribution is 7.71. The summed E-state index contributed by atoms with van der Waals surface area (Å²) >= 11 is 4.81. The van der Waals surface area contributed by atoms with Crippen LogP contribution in [0, 0.1) is 4.77 Å². The van der Waals surface area contributed by atoms with Gasteiger partial charge < -0.3 is 10.2 Å². The largest absolute Gasteiger partial charge is 0.464 e. The van der Waals surface area contributed by atoms with E-state index in [-0.39, 0.29) is 15.8 Å². The molecule has 16 heavy (non-hydrogen) atoms. The fraction of sp³-hybridized carbons (Fsp3) is 0. The maximum Gasteiger partial charge on any atom is 0.418 e. The SMILES string of the molecule is O=C(O)n1c(=S)n(C(=O)O)c2ccccc21. The van der Waals surface area contributed by atoms with E-state index in [1.165, 1.54) is 12.1 Å². The summed E-state index contributed by atoms with van der Waals surface area (Å²) < 4.78 is 1.25. The van der Waals surface area contributed by atoms with Crippen molar-refractivity contribution < 1.29 is 19.8 Å². The highest BCUT2D eigenvalue weighted by atomic mass is 32.1. The van der Waals surface area contributed by atoms with Crippen molar-refractivity contribution in [3.05, 3.63) is 29.0 Å². The molecule has 0 radical (unpaired) electrons. The number of para-hydroxylation sites is 2. The first-order chi connectivity index (χ1) is 7.54. The fourth-order valence-corrected chi connectivity index (χ4v) is 1.87. The number of nitrogens with zero attached hydrogens (tertiary/aromatic N) is 2. The number of benzene rings is 1. The summed E-state index contributed by atoms with van der Waals surface area (Å²) in [6.45, 7) is 0. The second kappa shape index (κ2) is 3.46. The zero-order chi connectivity index (χ0) is 11.9. The molecule has 2 N–H and O–H groups in total. The molecule has 0 aliphatic heterocycles. The van der Waals surface area contributed by atoms with Crippen LogP contribution in [0.25, 0.3) is 11.0 Å². The van der Waals surface area contributed by atoms with Gasteiger partial charge in [-0.2, -0.15) is 0 Å². The van der Waals surface area contributed by atoms with E-state index < -0.39 is 12.2 Å². The van der Waals surface area contributed by atoms with Crippen LogP contribution in [0.3, 0.4) is 0 Å². The molecule has 1 aromatic heterocycles. The highest BCUT2D eigenvalue weighted by Gasteiger charge is 2.17. The van der Waals surface area contributed by atoms with Gasteiger partial charge in [0, 0.05) is 0 Å². The Bertz CT molecular complexity index is 601. The molecule has 2 aromatic rings. The predicted octanol–water partition coefficient (Wildman–Crippen LogP) is 2.22. The van der Waals surface area contributed by atoms with Crippen LogP contribution in [0.15, 0.2) is 24.3 Å². The van der Waals surface area contributed by atoms with E-state index in [9.17, 15) is 9.59 Å². The lowest BCUT2D eigenvalue weighted by Gasteiger charge is -1.93. The molecule has 0 amide bonds. The Hall–Kier alpha value is -2.15. The van der Waals surface area contributed by atoms with Crippen molar-refractivity contribution in [2.45, 2.75) is 0 Å². The molecule has 0 saturated heterocycles. The Balaban J connectivity index is 3.03. The molecule has 0 fully saturated rings. The molecule has 0 spiro atoms. The van der Waals surface area contributed by atoms with Crippen LogP contribution in [-0.4, -0.2) is 31.5 Å². The topological polar surface area (TPSA) is 84.5 Å². The van der Waals surface area contributed by atoms with E-state index in [2.05, 4.69) is 0 Å². The van der Waals surface area contributed by atoms with Crippen molar-refractivity contribution in [1.82, 2.24) is 9.13 Å². The Kier molecular flexibility index (Phi) is 2.24. The minimum atomic E-state index is -1.30. The van der Waals surface area contributed by atoms with Gasteiger partial charge in [0.15, 0.2) is 4.77 Å². The Morgan fingerprint density at radius 1 is 1.00 bits per heavy atom. The van der Waals surface area contributed by atoms with Crippen LogP contribution < -0.4 is 0 Å². The molecule has 0 aliphatic rings. The van der Waals surface area contributed by atoms with Gasteiger partial charge in [0.1, 0.15) is 0 Å². The van der Waals surface area contributed by atoms with Gasteiger partial charge in [0.25, 0.3) is 0 Å². The minimum Gasteiger partial charge on any atom is -0.464 e. The van der Waals surface area contributed by atoms with Gasteiger partial charge in [-0.1, -0.05) is 12.1 Å². The highest BCUT2D eigenvalue weighted by Crippen LogP contribution is 2.17. The molecule has 1 aromatic carbocycles. The van der Waals surface area contributed by atoms with Crippen LogP contribution in [0.5, 0.6) is 0 Å². The van der Waals surface area contributed by atoms with Crippen molar-refractivity contribution in [3.8, 4) is 0 Å². The Morgan fingerprint density at radius 2 is 1.38 bits per heavy atom. The maximum atomic E-state index is 11.0. The number of carboxylic acid groups (broad SMARTS) is 2. The summed E-state index contributed by atoms with van der Waals surface area (Å²) in [5.41, 5.74) is 0.504. The molecule has 0 atom stereocenters. The number of fused-ring (bicyclic) bond motifs is 1. The molecule has 0 saturated carbocycles. The number of aromatic nitrogens is 2. The van der Waals surface area contributed by atoms with Crippen LogP contribution in [0.1, 0.15) is 0 Å². The van der Waals surface area contributed by atoms with Gasteiger partial charge in [-0.15, -0.1) is 0 Å². The quantitative estimate of drug-likeness (QED) is 0.687. The molecule has 2 rings (SSSR count). The lowest BCUT2D eigenvalue weighted by molar-refractivity contribution is 0.194. The first-order valence-corrected chi connectivity index (χ1v) is 4.64. The van der Waals surface area contributed by atoms with E-state index >= 15 is 0 Å². The molecule has 0 unspecified atom stereocenters. The molecule has 6 nitrogen and oxygen atoms in total. The number of rotatable bonds is 0. The van der Waals surface area contributed by atoms with Crippen LogP contribution in [0.4, 0.5) is 9.59 Å². The summed E-state index contributed by atoms with van der Waals surface area (Å²) in [4.78, 5) is 21.9. The summed E-state index contributed by atoms with van der Waals surface area (Å²) in [6, 6.07) is 6.23. The molecule has 0 aliphatic carbocycles. The predicted molar refractivity (Wildman–Crippen MR) is 57.6 cm³/mol. The first-order valence-electron chi connectivity index (χ1n) is 4.23. The summed E-state index contributed by atoms with van der Waals surface area (Å²) in [5, 5.41) is 17.9. The average molecular weight is 238 g/mol. The third-order valence-corrected chi connectivity index (χ3v) is 2.49. The standard InChI is InChI=1S/C9H6N2O4S/c12-8(13)10-5-3-1-2-4-6(5)11(7(10)16)9(14)15/h1-4H,(H,12,13)(H,14,15). The number of imidazole rings is 1. The van der Waals surface area contributed by atoms with Crippen LogP contribution in [-0.2, 0) is 0 Å². The summed E-state index contributed by atoms with van der Waals surface area (Å²) in [7, 11) is 0. The summed E-state index contributed by atoms with van der Waals surface area (Å²) in [5.74, 6) is 0. The third-order valence-electron chi connectivity index (χ3n) is 2.13. The fourth-order valence-electron chi connectivity index (χ4n) is 1.52. The van der Waals surface area contributed by atoms with Gasteiger partial charge >= 0.3 is 12.2 Å². The first kappa shape index (κ1) is 10.4. The van der Waals surface area contributed by atoms with Crippen LogP contribution in [0.2, 0.25) is 0 Å². The minimum absolute atomic E-state index is 0.252. The normalized spacial score (nSPS) is 10.5. The molecule has 82 valence electrons. The molecule has 0 bridgehead atoms. The average Bonchev–Trinajstić information content (AvgIpc) is 2.49. The molecule has 1 heterocycles. The van der Waals surface area contributed by atoms with E-state index in [1.54, 1.807) is 12.1 Å². The van der Waals surface area contributed by atoms with E-state index in [1.807, 2.05) is 0 Å². The molecular formula is C9H6N2O4S. The van der Waals surface area contributed by atoms with Gasteiger partial charge in [-0.25, -0.2) is 18.7 Å². The van der Waals surface area contributed by atoms with E-state index in [0.717, 1.165) is 9.13 Å². The lowest BCUT2D eigenvalue weighted by Crippen LogP contribution is -2.12. The van der Waals surface area contributed by atoms with Gasteiger partial charge in [-0.05, 0) is 24.4 Å².